The number of alkyl halides is 6. The molecule has 3 nitrogen and oxygen atoms in total. The van der Waals surface area contributed by atoms with E-state index in [4.69, 9.17) is 11.6 Å². The molecule has 1 aromatic heterocycles. The zero-order chi connectivity index (χ0) is 18.1. The number of rotatable bonds is 2. The minimum atomic E-state index is -5.03. The SMILES string of the molecule is O=C(Nc1ccnc(Cl)c1)c1cc(C(F)(F)F)cc(C(F)(F)F)c1. The Labute approximate surface area is 136 Å². The number of amides is 1. The summed E-state index contributed by atoms with van der Waals surface area (Å²) in [4.78, 5) is 15.6. The van der Waals surface area contributed by atoms with Crippen molar-refractivity contribution in [3.63, 3.8) is 0 Å². The first-order valence-electron chi connectivity index (χ1n) is 6.19. The van der Waals surface area contributed by atoms with E-state index in [-0.39, 0.29) is 16.9 Å². The van der Waals surface area contributed by atoms with Gasteiger partial charge in [-0.05, 0) is 30.3 Å². The van der Waals surface area contributed by atoms with Crippen LogP contribution in [0.25, 0.3) is 0 Å². The number of benzene rings is 1. The van der Waals surface area contributed by atoms with Crippen molar-refractivity contribution >= 4 is 23.2 Å². The van der Waals surface area contributed by atoms with E-state index in [2.05, 4.69) is 10.3 Å². The smallest absolute Gasteiger partial charge is 0.322 e. The Morgan fingerprint density at radius 1 is 0.958 bits per heavy atom. The summed E-state index contributed by atoms with van der Waals surface area (Å²) in [6.45, 7) is 0. The summed E-state index contributed by atoms with van der Waals surface area (Å²) in [7, 11) is 0. The Balaban J connectivity index is 2.43. The summed E-state index contributed by atoms with van der Waals surface area (Å²) in [5.41, 5.74) is -3.86. The van der Waals surface area contributed by atoms with Crippen molar-refractivity contribution < 1.29 is 31.1 Å². The van der Waals surface area contributed by atoms with Gasteiger partial charge in [-0.15, -0.1) is 0 Å². The molecule has 0 spiro atoms. The molecular formula is C14H7ClF6N2O. The average molecular weight is 369 g/mol. The number of carbonyl (C=O) groups excluding carboxylic acids is 1. The lowest BCUT2D eigenvalue weighted by Crippen LogP contribution is -2.17. The molecule has 0 fully saturated rings. The summed E-state index contributed by atoms with van der Waals surface area (Å²) < 4.78 is 76.5. The monoisotopic (exact) mass is 368 g/mol. The Kier molecular flexibility index (Phi) is 4.75. The maximum atomic E-state index is 12.8. The highest BCUT2D eigenvalue weighted by Crippen LogP contribution is 2.36. The summed E-state index contributed by atoms with van der Waals surface area (Å²) in [6.07, 6.45) is -8.85. The lowest BCUT2D eigenvalue weighted by Gasteiger charge is -2.14. The fourth-order valence-electron chi connectivity index (χ4n) is 1.77. The van der Waals surface area contributed by atoms with Crippen LogP contribution in [0.1, 0.15) is 21.5 Å². The molecular weight excluding hydrogens is 362 g/mol. The van der Waals surface area contributed by atoms with Crippen LogP contribution in [0.4, 0.5) is 32.0 Å². The van der Waals surface area contributed by atoms with Gasteiger partial charge >= 0.3 is 12.4 Å². The van der Waals surface area contributed by atoms with Crippen molar-refractivity contribution in [3.05, 3.63) is 58.4 Å². The first kappa shape index (κ1) is 18.1. The van der Waals surface area contributed by atoms with Crippen molar-refractivity contribution in [2.75, 3.05) is 5.32 Å². The number of aromatic nitrogens is 1. The zero-order valence-electron chi connectivity index (χ0n) is 11.5. The molecule has 0 atom stereocenters. The Hall–Kier alpha value is -2.29. The van der Waals surface area contributed by atoms with E-state index in [9.17, 15) is 31.1 Å². The van der Waals surface area contributed by atoms with Gasteiger partial charge in [0.05, 0.1) is 11.1 Å². The van der Waals surface area contributed by atoms with Crippen LogP contribution in [0.3, 0.4) is 0 Å². The van der Waals surface area contributed by atoms with Gasteiger partial charge in [-0.3, -0.25) is 4.79 Å². The third kappa shape index (κ3) is 4.38. The molecule has 0 aliphatic heterocycles. The molecule has 1 amide bonds. The van der Waals surface area contributed by atoms with Crippen molar-refractivity contribution in [1.82, 2.24) is 4.98 Å². The quantitative estimate of drug-likeness (QED) is 0.597. The predicted molar refractivity (Wildman–Crippen MR) is 73.6 cm³/mol. The zero-order valence-corrected chi connectivity index (χ0v) is 12.2. The van der Waals surface area contributed by atoms with Crippen LogP contribution in [0.5, 0.6) is 0 Å². The predicted octanol–water partition coefficient (Wildman–Crippen LogP) is 5.02. The Morgan fingerprint density at radius 2 is 1.50 bits per heavy atom. The van der Waals surface area contributed by atoms with E-state index in [1.807, 2.05) is 0 Å². The third-order valence-electron chi connectivity index (χ3n) is 2.83. The van der Waals surface area contributed by atoms with Crippen LogP contribution < -0.4 is 5.32 Å². The summed E-state index contributed by atoms with van der Waals surface area (Å²) in [5, 5.41) is 2.15. The normalized spacial score (nSPS) is 12.1. The van der Waals surface area contributed by atoms with Gasteiger partial charge in [0.1, 0.15) is 5.15 Å². The molecule has 1 N–H and O–H groups in total. The maximum Gasteiger partial charge on any atom is 0.416 e. The molecule has 24 heavy (non-hydrogen) atoms. The van der Waals surface area contributed by atoms with Crippen LogP contribution in [0, 0.1) is 0 Å². The highest BCUT2D eigenvalue weighted by molar-refractivity contribution is 6.29. The van der Waals surface area contributed by atoms with Gasteiger partial charge < -0.3 is 5.32 Å². The summed E-state index contributed by atoms with van der Waals surface area (Å²) in [5.74, 6) is -1.14. The third-order valence-corrected chi connectivity index (χ3v) is 3.04. The summed E-state index contributed by atoms with van der Waals surface area (Å²) in [6, 6.07) is 3.10. The molecule has 0 aliphatic rings. The van der Waals surface area contributed by atoms with Gasteiger partial charge in [0, 0.05) is 17.4 Å². The molecule has 128 valence electrons. The first-order chi connectivity index (χ1) is 11.0. The lowest BCUT2D eigenvalue weighted by molar-refractivity contribution is -0.143. The maximum absolute atomic E-state index is 12.8. The van der Waals surface area contributed by atoms with Crippen molar-refractivity contribution in [1.29, 1.82) is 0 Å². The molecule has 0 saturated heterocycles. The van der Waals surface area contributed by atoms with E-state index in [0.29, 0.717) is 12.1 Å². The van der Waals surface area contributed by atoms with Crippen molar-refractivity contribution in [3.8, 4) is 0 Å². The lowest BCUT2D eigenvalue weighted by atomic mass is 10.0. The molecule has 1 aromatic carbocycles. The van der Waals surface area contributed by atoms with E-state index in [1.165, 1.54) is 18.3 Å². The molecule has 10 heteroatoms. The van der Waals surface area contributed by atoms with Gasteiger partial charge in [0.15, 0.2) is 0 Å². The first-order valence-corrected chi connectivity index (χ1v) is 6.57. The van der Waals surface area contributed by atoms with Crippen LogP contribution in [0.2, 0.25) is 5.15 Å². The van der Waals surface area contributed by atoms with Gasteiger partial charge in [-0.2, -0.15) is 26.3 Å². The standard InChI is InChI=1S/C14H7ClF6N2O/c15-11-6-10(1-2-22-11)23-12(24)7-3-8(13(16,17)18)5-9(4-7)14(19,20)21/h1-6H,(H,22,23,24). The number of carbonyl (C=O) groups is 1. The molecule has 2 rings (SSSR count). The largest absolute Gasteiger partial charge is 0.416 e. The van der Waals surface area contributed by atoms with Crippen LogP contribution in [0.15, 0.2) is 36.5 Å². The number of nitrogens with one attached hydrogen (secondary N) is 1. The molecule has 1 heterocycles. The Bertz CT molecular complexity index is 740. The highest BCUT2D eigenvalue weighted by atomic mass is 35.5. The van der Waals surface area contributed by atoms with E-state index in [1.54, 1.807) is 0 Å². The number of nitrogens with zero attached hydrogens (tertiary/aromatic N) is 1. The van der Waals surface area contributed by atoms with Gasteiger partial charge in [-0.1, -0.05) is 11.6 Å². The van der Waals surface area contributed by atoms with Gasteiger partial charge in [0.25, 0.3) is 5.91 Å². The van der Waals surface area contributed by atoms with Crippen LogP contribution in [-0.2, 0) is 12.4 Å². The van der Waals surface area contributed by atoms with E-state index >= 15 is 0 Å². The number of halogens is 7. The minimum absolute atomic E-state index is 0.00665. The van der Waals surface area contributed by atoms with Crippen LogP contribution >= 0.6 is 11.6 Å². The molecule has 0 aliphatic carbocycles. The van der Waals surface area contributed by atoms with Gasteiger partial charge in [0.2, 0.25) is 0 Å². The highest BCUT2D eigenvalue weighted by Gasteiger charge is 2.37. The van der Waals surface area contributed by atoms with E-state index in [0.717, 1.165) is 0 Å². The molecule has 0 radical (unpaired) electrons. The number of hydrogen-bond acceptors (Lipinski definition) is 2. The average Bonchev–Trinajstić information content (AvgIpc) is 2.45. The summed E-state index contributed by atoms with van der Waals surface area (Å²) >= 11 is 5.58. The minimum Gasteiger partial charge on any atom is -0.322 e. The number of hydrogen-bond donors (Lipinski definition) is 1. The fraction of sp³-hybridized carbons (Fsp3) is 0.143. The number of anilines is 1. The van der Waals surface area contributed by atoms with E-state index < -0.39 is 35.0 Å². The number of pyridine rings is 1. The van der Waals surface area contributed by atoms with Crippen LogP contribution in [-0.4, -0.2) is 10.9 Å². The fourth-order valence-corrected chi connectivity index (χ4v) is 1.94. The second kappa shape index (κ2) is 6.31. The van der Waals surface area contributed by atoms with Gasteiger partial charge in [-0.25, -0.2) is 4.98 Å². The second-order valence-corrected chi connectivity index (χ2v) is 5.00. The molecule has 2 aromatic rings. The molecule has 0 saturated carbocycles. The molecule has 0 unspecified atom stereocenters. The topological polar surface area (TPSA) is 42.0 Å². The second-order valence-electron chi connectivity index (χ2n) is 4.62. The van der Waals surface area contributed by atoms with Crippen molar-refractivity contribution in [2.24, 2.45) is 0 Å². The molecule has 0 bridgehead atoms. The van der Waals surface area contributed by atoms with Crippen molar-refractivity contribution in [2.45, 2.75) is 12.4 Å². The Morgan fingerprint density at radius 3 is 1.96 bits per heavy atom.